The molecule has 0 saturated heterocycles. The largest absolute Gasteiger partial charge is 0.493 e. The van der Waals surface area contributed by atoms with E-state index in [4.69, 9.17) is 26.2 Å². The van der Waals surface area contributed by atoms with Gasteiger partial charge >= 0.3 is 5.97 Å². The van der Waals surface area contributed by atoms with Crippen molar-refractivity contribution in [1.82, 2.24) is 5.32 Å². The fourth-order valence-electron chi connectivity index (χ4n) is 1.76. The zero-order valence-electron chi connectivity index (χ0n) is 11.5. The van der Waals surface area contributed by atoms with Crippen molar-refractivity contribution in [2.24, 2.45) is 0 Å². The molecule has 21 heavy (non-hydrogen) atoms. The monoisotopic (exact) mass is 313 g/mol. The third-order valence-corrected chi connectivity index (χ3v) is 3.28. The molecule has 6 nitrogen and oxygen atoms in total. The number of carbonyl (C=O) groups is 2. The maximum absolute atomic E-state index is 11.5. The van der Waals surface area contributed by atoms with Crippen LogP contribution in [0.3, 0.4) is 0 Å². The quantitative estimate of drug-likeness (QED) is 0.805. The predicted octanol–water partition coefficient (Wildman–Crippen LogP) is 2.09. The summed E-state index contributed by atoms with van der Waals surface area (Å²) in [6, 6.07) is 2.92. The van der Waals surface area contributed by atoms with Crippen molar-refractivity contribution < 1.29 is 24.2 Å². The minimum Gasteiger partial charge on any atom is -0.493 e. The molecular formula is C14H16ClNO5. The van der Waals surface area contributed by atoms with Gasteiger partial charge < -0.3 is 19.9 Å². The number of hydrogen-bond acceptors (Lipinski definition) is 4. The SMILES string of the molecule is COc1cc(C(=O)O)cc(Cl)c1OCCC(=O)NC1CC1. The van der Waals surface area contributed by atoms with Crippen molar-refractivity contribution >= 4 is 23.5 Å². The maximum Gasteiger partial charge on any atom is 0.335 e. The van der Waals surface area contributed by atoms with Gasteiger partial charge in [-0.05, 0) is 25.0 Å². The van der Waals surface area contributed by atoms with Crippen molar-refractivity contribution in [2.45, 2.75) is 25.3 Å². The van der Waals surface area contributed by atoms with Gasteiger partial charge in [0.1, 0.15) is 0 Å². The van der Waals surface area contributed by atoms with Gasteiger partial charge in [0.15, 0.2) is 11.5 Å². The Morgan fingerprint density at radius 1 is 1.43 bits per heavy atom. The van der Waals surface area contributed by atoms with E-state index >= 15 is 0 Å². The van der Waals surface area contributed by atoms with Gasteiger partial charge in [0, 0.05) is 6.04 Å². The van der Waals surface area contributed by atoms with Crippen LogP contribution in [0.25, 0.3) is 0 Å². The molecule has 114 valence electrons. The Hall–Kier alpha value is -1.95. The first kappa shape index (κ1) is 15.4. The molecule has 0 bridgehead atoms. The maximum atomic E-state index is 11.5. The van der Waals surface area contributed by atoms with Gasteiger partial charge in [-0.3, -0.25) is 4.79 Å². The van der Waals surface area contributed by atoms with Crippen LogP contribution >= 0.6 is 11.6 Å². The molecule has 1 aromatic rings. The van der Waals surface area contributed by atoms with E-state index in [1.165, 1.54) is 19.2 Å². The van der Waals surface area contributed by atoms with Crippen LogP contribution in [0.4, 0.5) is 0 Å². The molecule has 0 spiro atoms. The molecule has 1 fully saturated rings. The van der Waals surface area contributed by atoms with E-state index in [1.807, 2.05) is 0 Å². The highest BCUT2D eigenvalue weighted by molar-refractivity contribution is 6.32. The molecule has 7 heteroatoms. The van der Waals surface area contributed by atoms with Gasteiger partial charge in [-0.1, -0.05) is 11.6 Å². The summed E-state index contributed by atoms with van der Waals surface area (Å²) >= 11 is 6.00. The molecule has 1 aliphatic carbocycles. The van der Waals surface area contributed by atoms with Gasteiger partial charge in [0.2, 0.25) is 5.91 Å². The van der Waals surface area contributed by atoms with Gasteiger partial charge in [0.05, 0.1) is 30.7 Å². The van der Waals surface area contributed by atoms with Gasteiger partial charge in [-0.2, -0.15) is 0 Å². The second-order valence-corrected chi connectivity index (χ2v) is 5.14. The molecule has 1 aromatic carbocycles. The van der Waals surface area contributed by atoms with Crippen molar-refractivity contribution in [1.29, 1.82) is 0 Å². The second kappa shape index (κ2) is 6.67. The molecule has 1 amide bonds. The number of aromatic carboxylic acids is 1. The highest BCUT2D eigenvalue weighted by atomic mass is 35.5. The number of halogens is 1. The number of rotatable bonds is 7. The number of benzene rings is 1. The fraction of sp³-hybridized carbons (Fsp3) is 0.429. The van der Waals surface area contributed by atoms with E-state index in [1.54, 1.807) is 0 Å². The summed E-state index contributed by atoms with van der Waals surface area (Å²) in [5.41, 5.74) is 0.00989. The third-order valence-electron chi connectivity index (χ3n) is 2.99. The zero-order valence-corrected chi connectivity index (χ0v) is 12.3. The lowest BCUT2D eigenvalue weighted by Gasteiger charge is -2.13. The highest BCUT2D eigenvalue weighted by Crippen LogP contribution is 2.36. The first-order valence-electron chi connectivity index (χ1n) is 6.54. The Morgan fingerprint density at radius 2 is 2.14 bits per heavy atom. The minimum atomic E-state index is -1.11. The molecular weight excluding hydrogens is 298 g/mol. The Labute approximate surface area is 127 Å². The Morgan fingerprint density at radius 3 is 2.71 bits per heavy atom. The van der Waals surface area contributed by atoms with Crippen LogP contribution in [-0.2, 0) is 4.79 Å². The lowest BCUT2D eigenvalue weighted by Crippen LogP contribution is -2.26. The van der Waals surface area contributed by atoms with Crippen molar-refractivity contribution in [3.63, 3.8) is 0 Å². The summed E-state index contributed by atoms with van der Waals surface area (Å²) in [6.07, 6.45) is 2.27. The Balaban J connectivity index is 1.97. The Bertz CT molecular complexity index is 557. The summed E-state index contributed by atoms with van der Waals surface area (Å²) in [6.45, 7) is 0.140. The van der Waals surface area contributed by atoms with Crippen molar-refractivity contribution in [3.05, 3.63) is 22.7 Å². The van der Waals surface area contributed by atoms with Crippen LogP contribution in [0.1, 0.15) is 29.6 Å². The molecule has 0 aliphatic heterocycles. The molecule has 0 atom stereocenters. The average Bonchev–Trinajstić information content (AvgIpc) is 3.23. The molecule has 1 saturated carbocycles. The van der Waals surface area contributed by atoms with Crippen LogP contribution in [-0.4, -0.2) is 36.7 Å². The van der Waals surface area contributed by atoms with Crippen LogP contribution in [0.5, 0.6) is 11.5 Å². The zero-order chi connectivity index (χ0) is 15.4. The number of methoxy groups -OCH3 is 1. The Kier molecular flexibility index (Phi) is 4.90. The first-order valence-corrected chi connectivity index (χ1v) is 6.92. The summed E-state index contributed by atoms with van der Waals surface area (Å²) < 4.78 is 10.5. The van der Waals surface area contributed by atoms with Gasteiger partial charge in [-0.15, -0.1) is 0 Å². The van der Waals surface area contributed by atoms with Crippen LogP contribution in [0, 0.1) is 0 Å². The van der Waals surface area contributed by atoms with E-state index in [0.717, 1.165) is 12.8 Å². The lowest BCUT2D eigenvalue weighted by molar-refractivity contribution is -0.121. The van der Waals surface area contributed by atoms with E-state index in [2.05, 4.69) is 5.32 Å². The minimum absolute atomic E-state index is 0.00989. The second-order valence-electron chi connectivity index (χ2n) is 4.73. The van der Waals surface area contributed by atoms with Crippen molar-refractivity contribution in [2.75, 3.05) is 13.7 Å². The van der Waals surface area contributed by atoms with Crippen LogP contribution in [0.2, 0.25) is 5.02 Å². The van der Waals surface area contributed by atoms with E-state index in [9.17, 15) is 9.59 Å². The summed E-state index contributed by atoms with van der Waals surface area (Å²) in [4.78, 5) is 22.5. The smallest absolute Gasteiger partial charge is 0.335 e. The number of amides is 1. The van der Waals surface area contributed by atoms with Crippen LogP contribution in [0.15, 0.2) is 12.1 Å². The fourth-order valence-corrected chi connectivity index (χ4v) is 2.02. The number of carboxylic acid groups (broad SMARTS) is 1. The molecule has 0 heterocycles. The topological polar surface area (TPSA) is 84.9 Å². The lowest BCUT2D eigenvalue weighted by atomic mass is 10.2. The number of ether oxygens (including phenoxy) is 2. The summed E-state index contributed by atoms with van der Waals surface area (Å²) in [5, 5.41) is 11.9. The van der Waals surface area contributed by atoms with Gasteiger partial charge in [-0.25, -0.2) is 4.79 Å². The standard InChI is InChI=1S/C14H16ClNO5/c1-20-11-7-8(14(18)19)6-10(15)13(11)21-5-4-12(17)16-9-2-3-9/h6-7,9H,2-5H2,1H3,(H,16,17)(H,18,19). The van der Waals surface area contributed by atoms with Gasteiger partial charge in [0.25, 0.3) is 0 Å². The van der Waals surface area contributed by atoms with E-state index in [-0.39, 0.29) is 41.0 Å². The normalized spacial score (nSPS) is 13.6. The molecule has 1 aliphatic rings. The highest BCUT2D eigenvalue weighted by Gasteiger charge is 2.23. The first-order chi connectivity index (χ1) is 10.0. The van der Waals surface area contributed by atoms with E-state index in [0.29, 0.717) is 6.04 Å². The summed E-state index contributed by atoms with van der Waals surface area (Å²) in [5.74, 6) is -0.716. The van der Waals surface area contributed by atoms with Crippen molar-refractivity contribution in [3.8, 4) is 11.5 Å². The molecule has 0 radical (unpaired) electrons. The number of carboxylic acids is 1. The number of nitrogens with one attached hydrogen (secondary N) is 1. The summed E-state index contributed by atoms with van der Waals surface area (Å²) in [7, 11) is 1.39. The number of carbonyl (C=O) groups excluding carboxylic acids is 1. The van der Waals surface area contributed by atoms with Crippen LogP contribution < -0.4 is 14.8 Å². The predicted molar refractivity (Wildman–Crippen MR) is 76.2 cm³/mol. The molecule has 2 N–H and O–H groups in total. The molecule has 2 rings (SSSR count). The molecule has 0 unspecified atom stereocenters. The molecule has 0 aromatic heterocycles. The van der Waals surface area contributed by atoms with E-state index < -0.39 is 5.97 Å². The number of hydrogen-bond donors (Lipinski definition) is 2. The third kappa shape index (κ3) is 4.26. The average molecular weight is 314 g/mol.